The second kappa shape index (κ2) is 10.3. The number of benzene rings is 2. The fourth-order valence-electron chi connectivity index (χ4n) is 5.38. The van der Waals surface area contributed by atoms with E-state index in [4.69, 9.17) is 33.4 Å². The van der Waals surface area contributed by atoms with E-state index < -0.39 is 30.5 Å². The number of amides is 2. The predicted octanol–water partition coefficient (Wildman–Crippen LogP) is 2.85. The van der Waals surface area contributed by atoms with Crippen LogP contribution in [0, 0.1) is 0 Å². The van der Waals surface area contributed by atoms with E-state index in [1.54, 1.807) is 26.4 Å². The molecule has 12 nitrogen and oxygen atoms in total. The maximum atomic E-state index is 12.7. The molecule has 1 fully saturated rings. The van der Waals surface area contributed by atoms with Crippen molar-refractivity contribution in [3.63, 3.8) is 0 Å². The minimum Gasteiger partial charge on any atom is -0.493 e. The summed E-state index contributed by atoms with van der Waals surface area (Å²) in [5.41, 5.74) is 3.51. The molecule has 0 bridgehead atoms. The van der Waals surface area contributed by atoms with Crippen molar-refractivity contribution >= 4 is 23.5 Å². The summed E-state index contributed by atoms with van der Waals surface area (Å²) in [6.45, 7) is 5.58. The molecule has 12 heteroatoms. The van der Waals surface area contributed by atoms with Crippen molar-refractivity contribution in [2.24, 2.45) is 5.16 Å². The molecule has 0 radical (unpaired) electrons. The topological polar surface area (TPSA) is 131 Å². The first kappa shape index (κ1) is 26.5. The van der Waals surface area contributed by atoms with Gasteiger partial charge in [-0.3, -0.25) is 9.59 Å². The molecule has 4 aliphatic rings. The first-order valence-corrected chi connectivity index (χ1v) is 13.1. The van der Waals surface area contributed by atoms with E-state index in [1.807, 2.05) is 19.1 Å². The average Bonchev–Trinajstić information content (AvgIpc) is 3.68. The lowest BCUT2D eigenvalue weighted by molar-refractivity contribution is -0.198. The Kier molecular flexibility index (Phi) is 6.68. The van der Waals surface area contributed by atoms with E-state index in [0.717, 1.165) is 16.7 Å². The van der Waals surface area contributed by atoms with Gasteiger partial charge in [0, 0.05) is 42.0 Å². The molecule has 0 N–H and O–H groups in total. The van der Waals surface area contributed by atoms with Gasteiger partial charge in [0.25, 0.3) is 11.8 Å². The number of hydrogen-bond acceptors (Lipinski definition) is 11. The summed E-state index contributed by atoms with van der Waals surface area (Å²) in [4.78, 5) is 47.3. The molecular formula is C29H28N2O10. The highest BCUT2D eigenvalue weighted by Gasteiger charge is 2.44. The average molecular weight is 565 g/mol. The highest BCUT2D eigenvalue weighted by atomic mass is 16.7. The van der Waals surface area contributed by atoms with Gasteiger partial charge in [-0.25, -0.2) is 4.79 Å². The van der Waals surface area contributed by atoms with Gasteiger partial charge in [0.2, 0.25) is 0 Å². The van der Waals surface area contributed by atoms with Crippen LogP contribution in [0.1, 0.15) is 42.4 Å². The quantitative estimate of drug-likeness (QED) is 0.348. The van der Waals surface area contributed by atoms with Gasteiger partial charge in [-0.05, 0) is 30.7 Å². The van der Waals surface area contributed by atoms with Crippen LogP contribution in [-0.4, -0.2) is 68.2 Å². The van der Waals surface area contributed by atoms with Crippen LogP contribution in [0.2, 0.25) is 0 Å². The van der Waals surface area contributed by atoms with Crippen LogP contribution < -0.4 is 23.7 Å². The summed E-state index contributed by atoms with van der Waals surface area (Å²) in [5.74, 6) is 0.225. The lowest BCUT2D eigenvalue weighted by Crippen LogP contribution is -2.34. The lowest BCUT2D eigenvalue weighted by atomic mass is 9.83. The van der Waals surface area contributed by atoms with Crippen LogP contribution in [0.3, 0.4) is 0 Å². The Hall–Kier alpha value is -4.74. The maximum Gasteiger partial charge on any atom is 0.370 e. The second-order valence-electron chi connectivity index (χ2n) is 10.1. The molecular weight excluding hydrogens is 536 g/mol. The zero-order valence-electron chi connectivity index (χ0n) is 22.8. The van der Waals surface area contributed by atoms with Crippen molar-refractivity contribution in [1.82, 2.24) is 5.06 Å². The molecule has 4 aliphatic heterocycles. The monoisotopic (exact) mass is 564 g/mol. The molecule has 2 aromatic carbocycles. The van der Waals surface area contributed by atoms with E-state index in [9.17, 15) is 14.4 Å². The Labute approximate surface area is 235 Å². The van der Waals surface area contributed by atoms with E-state index in [-0.39, 0.29) is 31.5 Å². The Bertz CT molecular complexity index is 1480. The molecule has 1 saturated heterocycles. The van der Waals surface area contributed by atoms with Crippen LogP contribution >= 0.6 is 0 Å². The third-order valence-corrected chi connectivity index (χ3v) is 7.44. The number of rotatable bonds is 8. The highest BCUT2D eigenvalue weighted by molar-refractivity contribution is 6.09. The third kappa shape index (κ3) is 4.58. The number of oxime groups is 1. The number of carbonyl (C=O) groups is 3. The highest BCUT2D eigenvalue weighted by Crippen LogP contribution is 2.48. The number of carbonyl (C=O) groups excluding carboxylic acids is 3. The zero-order chi connectivity index (χ0) is 28.8. The van der Waals surface area contributed by atoms with Crippen LogP contribution in [0.4, 0.5) is 0 Å². The standard InChI is InChI=1S/C29H28N2O10/c1-14(2)19-10-17-18(39-19)6-5-15(29(17)38-13-26(34)41-31-24(32)7-8-25(31)33)28-27-16-9-21(35-3)22(36-4)11-20(16)37-12-23(27)40-30-28/h5-6,9,11,19,23,27H,1,7-8,10,12-13H2,2-4H3/t19-,23?,27?/m1/s1. The maximum absolute atomic E-state index is 12.7. The van der Waals surface area contributed by atoms with Crippen molar-refractivity contribution in [3.05, 3.63) is 53.1 Å². The van der Waals surface area contributed by atoms with Gasteiger partial charge in [0.05, 0.1) is 20.1 Å². The van der Waals surface area contributed by atoms with Crippen molar-refractivity contribution in [2.75, 3.05) is 27.4 Å². The normalized spacial score (nSPS) is 22.0. The molecule has 2 unspecified atom stereocenters. The van der Waals surface area contributed by atoms with Gasteiger partial charge in [-0.15, -0.1) is 5.06 Å². The minimum atomic E-state index is -0.900. The van der Waals surface area contributed by atoms with E-state index in [2.05, 4.69) is 11.7 Å². The smallest absolute Gasteiger partial charge is 0.370 e. The fraction of sp³-hybridized carbons (Fsp3) is 0.379. The first-order valence-electron chi connectivity index (χ1n) is 13.1. The largest absolute Gasteiger partial charge is 0.493 e. The Morgan fingerprint density at radius 2 is 1.83 bits per heavy atom. The van der Waals surface area contributed by atoms with Gasteiger partial charge in [0.1, 0.15) is 35.7 Å². The summed E-state index contributed by atoms with van der Waals surface area (Å²) in [6.07, 6.45) is -0.239. The van der Waals surface area contributed by atoms with Crippen molar-refractivity contribution in [3.8, 4) is 28.7 Å². The molecule has 2 amide bonds. The Morgan fingerprint density at radius 1 is 1.10 bits per heavy atom. The second-order valence-corrected chi connectivity index (χ2v) is 10.1. The Morgan fingerprint density at radius 3 is 2.54 bits per heavy atom. The predicted molar refractivity (Wildman–Crippen MR) is 141 cm³/mol. The van der Waals surface area contributed by atoms with Crippen molar-refractivity contribution in [1.29, 1.82) is 0 Å². The van der Waals surface area contributed by atoms with Crippen LogP contribution in [-0.2, 0) is 30.5 Å². The summed E-state index contributed by atoms with van der Waals surface area (Å²) in [5, 5.41) is 4.92. The summed E-state index contributed by atoms with van der Waals surface area (Å²) in [7, 11) is 3.11. The summed E-state index contributed by atoms with van der Waals surface area (Å²) in [6, 6.07) is 7.23. The summed E-state index contributed by atoms with van der Waals surface area (Å²) >= 11 is 0. The lowest BCUT2D eigenvalue weighted by Gasteiger charge is -2.29. The van der Waals surface area contributed by atoms with Gasteiger partial charge < -0.3 is 33.4 Å². The van der Waals surface area contributed by atoms with Crippen molar-refractivity contribution < 1.29 is 47.7 Å². The minimum absolute atomic E-state index is 0.00677. The molecule has 6 rings (SSSR count). The molecule has 0 spiro atoms. The number of methoxy groups -OCH3 is 2. The molecule has 0 aromatic heterocycles. The van der Waals surface area contributed by atoms with E-state index in [1.165, 1.54) is 0 Å². The number of hydrogen-bond donors (Lipinski definition) is 0. The van der Waals surface area contributed by atoms with E-state index in [0.29, 0.717) is 51.5 Å². The number of fused-ring (bicyclic) bond motifs is 4. The molecule has 4 heterocycles. The van der Waals surface area contributed by atoms with E-state index >= 15 is 0 Å². The number of hydroxylamine groups is 2. The Balaban J connectivity index is 1.35. The van der Waals surface area contributed by atoms with Gasteiger partial charge >= 0.3 is 5.97 Å². The third-order valence-electron chi connectivity index (χ3n) is 7.44. The fourth-order valence-corrected chi connectivity index (χ4v) is 5.38. The molecule has 41 heavy (non-hydrogen) atoms. The van der Waals surface area contributed by atoms with Gasteiger partial charge in [0.15, 0.2) is 24.2 Å². The molecule has 0 saturated carbocycles. The van der Waals surface area contributed by atoms with Crippen LogP contribution in [0.5, 0.6) is 28.7 Å². The molecule has 214 valence electrons. The van der Waals surface area contributed by atoms with Crippen LogP contribution in [0.15, 0.2) is 41.6 Å². The van der Waals surface area contributed by atoms with Crippen molar-refractivity contribution in [2.45, 2.75) is 44.3 Å². The van der Waals surface area contributed by atoms with Gasteiger partial charge in [-0.2, -0.15) is 0 Å². The SMILES string of the molecule is C=C(C)[C@H]1Cc2c(ccc(C3=NOC4COc5cc(OC)c(OC)cc5C34)c2OCC(=O)ON2C(=O)CCC2=O)O1. The summed E-state index contributed by atoms with van der Waals surface area (Å²) < 4.78 is 29.1. The van der Waals surface area contributed by atoms with Crippen LogP contribution in [0.25, 0.3) is 0 Å². The molecule has 2 aromatic rings. The van der Waals surface area contributed by atoms with Gasteiger partial charge in [-0.1, -0.05) is 11.7 Å². The number of nitrogens with zero attached hydrogens (tertiary/aromatic N) is 2. The zero-order valence-corrected chi connectivity index (χ0v) is 22.8. The number of imide groups is 1. The first-order chi connectivity index (χ1) is 19.8. The molecule has 3 atom stereocenters. The number of ether oxygens (including phenoxy) is 5. The molecule has 0 aliphatic carbocycles.